The number of benzene rings is 1. The van der Waals surface area contributed by atoms with Crippen molar-refractivity contribution in [3.05, 3.63) is 35.9 Å². The largest absolute Gasteiger partial charge is 0.508 e. The normalized spacial score (nSPS) is 25.3. The summed E-state index contributed by atoms with van der Waals surface area (Å²) in [5, 5.41) is 16.7. The Labute approximate surface area is 475 Å². The Balaban J connectivity index is 2.16. The van der Waals surface area contributed by atoms with E-state index in [0.29, 0.717) is 5.56 Å². The van der Waals surface area contributed by atoms with Gasteiger partial charge in [0.15, 0.2) is 33.1 Å². The van der Waals surface area contributed by atoms with Crippen LogP contribution in [0.3, 0.4) is 0 Å². The molecule has 2 aliphatic rings. The fraction of sp³-hybridized carbons (Fsp3) is 0.718. The first kappa shape index (κ1) is 65.5. The van der Waals surface area contributed by atoms with E-state index in [1.807, 2.05) is 33.9 Å². The molecule has 2 amide bonds. The number of halogens is 12. The van der Waals surface area contributed by atoms with Crippen LogP contribution in [0.1, 0.15) is 33.3 Å². The Bertz CT molecular complexity index is 1940. The van der Waals surface area contributed by atoms with Gasteiger partial charge in [-0.3, -0.25) is 4.79 Å². The predicted octanol–water partition coefficient (Wildman–Crippen LogP) is 9.70. The minimum absolute atomic E-state index is 0.112. The van der Waals surface area contributed by atoms with Gasteiger partial charge < -0.3 is 72.3 Å². The first-order chi connectivity index (χ1) is 32.9. The molecule has 2 aliphatic heterocycles. The van der Waals surface area contributed by atoms with Crippen LogP contribution in [-0.4, -0.2) is 160 Å². The summed E-state index contributed by atoms with van der Waals surface area (Å²) >= 11 is 69.4. The molecule has 20 nitrogen and oxygen atoms in total. The molecule has 0 spiro atoms. The number of esters is 1. The van der Waals surface area contributed by atoms with Gasteiger partial charge in [-0.05, 0) is 23.7 Å². The number of ether oxygens (including phenoxy) is 11. The summed E-state index contributed by atoms with van der Waals surface area (Å²) in [5.41, 5.74) is 0.666. The van der Waals surface area contributed by atoms with E-state index < -0.39 is 160 Å². The molecule has 0 saturated carbocycles. The number of aliphatic hydroxyl groups is 1. The average Bonchev–Trinajstić information content (AvgIpc) is 3.23. The zero-order valence-electron chi connectivity index (χ0n) is 38.5. The molecule has 2 saturated heterocycles. The second kappa shape index (κ2) is 28.2. The van der Waals surface area contributed by atoms with Crippen LogP contribution in [0.2, 0.25) is 18.1 Å². The van der Waals surface area contributed by atoms with Gasteiger partial charge in [-0.25, -0.2) is 19.2 Å². The van der Waals surface area contributed by atoms with E-state index in [9.17, 15) is 29.1 Å². The standard InChI is InChI=1S/C39H50Cl12N2O18Si/c1-19(54)67-28-24(53-32(57)64-16-37(43,44)45)30(69-22(14-62-33(58)65-17-38(46,47)48)26(28)70-34(59)66-18-39(49,50)51)61-13-21-25(55)27(71-72(5,6)35(2,3)4)23(52-31(56)63-15-36(40,41)42)29(68-21)60-12-20-10-8-7-9-11-20/h7-11,21-30,55H,12-18H2,1-6H3,(H,52,56)(H,53,57)/t21?,22?,23?,24?,25-,26-,27-,28-,29-,30-/m1/s1. The first-order valence-corrected chi connectivity index (χ1v) is 28.3. The third kappa shape index (κ3) is 23.9. The maximum absolute atomic E-state index is 13.4. The van der Waals surface area contributed by atoms with Crippen molar-refractivity contribution < 1.29 is 85.6 Å². The molecule has 412 valence electrons. The molecule has 3 rings (SSSR count). The smallest absolute Gasteiger partial charge is 0.456 e. The highest BCUT2D eigenvalue weighted by molar-refractivity contribution is 6.74. The van der Waals surface area contributed by atoms with Crippen LogP contribution in [0, 0.1) is 0 Å². The van der Waals surface area contributed by atoms with Crippen LogP contribution in [-0.2, 0) is 67.9 Å². The monoisotopic (exact) mass is 1280 g/mol. The number of rotatable bonds is 18. The second-order valence-electron chi connectivity index (χ2n) is 17.0. The maximum Gasteiger partial charge on any atom is 0.508 e. The molecule has 0 aliphatic carbocycles. The van der Waals surface area contributed by atoms with Crippen molar-refractivity contribution >= 4 is 178 Å². The van der Waals surface area contributed by atoms with Crippen molar-refractivity contribution in [3.63, 3.8) is 0 Å². The summed E-state index contributed by atoms with van der Waals surface area (Å²) in [4.78, 5) is 65.3. The number of hydrogen-bond donors (Lipinski definition) is 3. The Morgan fingerprint density at radius 1 is 0.597 bits per heavy atom. The Hall–Kier alpha value is -0.773. The van der Waals surface area contributed by atoms with E-state index in [1.54, 1.807) is 30.3 Å². The highest BCUT2D eigenvalue weighted by Gasteiger charge is 2.55. The summed E-state index contributed by atoms with van der Waals surface area (Å²) in [6.07, 6.45) is -18.9. The van der Waals surface area contributed by atoms with Gasteiger partial charge in [-0.15, -0.1) is 0 Å². The lowest BCUT2D eigenvalue weighted by Crippen LogP contribution is -2.69. The minimum atomic E-state index is -2.91. The van der Waals surface area contributed by atoms with Crippen LogP contribution in [0.5, 0.6) is 0 Å². The summed E-state index contributed by atoms with van der Waals surface area (Å²) < 4.78 is 59.7. The minimum Gasteiger partial charge on any atom is -0.456 e. The van der Waals surface area contributed by atoms with Crippen molar-refractivity contribution in [1.82, 2.24) is 10.6 Å². The lowest BCUT2D eigenvalue weighted by atomic mass is 9.95. The van der Waals surface area contributed by atoms with E-state index in [1.165, 1.54) is 0 Å². The number of nitrogens with one attached hydrogen (secondary N) is 2. The average molecular weight is 1290 g/mol. The zero-order chi connectivity index (χ0) is 54.6. The third-order valence-electron chi connectivity index (χ3n) is 10.1. The van der Waals surface area contributed by atoms with Gasteiger partial charge in [0, 0.05) is 6.92 Å². The van der Waals surface area contributed by atoms with Crippen molar-refractivity contribution in [2.75, 3.05) is 39.6 Å². The molecule has 72 heavy (non-hydrogen) atoms. The molecule has 2 heterocycles. The van der Waals surface area contributed by atoms with Crippen LogP contribution >= 0.6 is 139 Å². The number of alkyl halides is 12. The zero-order valence-corrected chi connectivity index (χ0v) is 48.6. The molecule has 1 aromatic carbocycles. The molecule has 4 unspecified atom stereocenters. The predicted molar refractivity (Wildman–Crippen MR) is 269 cm³/mol. The molecule has 0 aromatic heterocycles. The third-order valence-corrected chi connectivity index (χ3v) is 15.9. The quantitative estimate of drug-likeness (QED) is 0.0536. The van der Waals surface area contributed by atoms with Gasteiger partial charge in [-0.2, -0.15) is 0 Å². The molecule has 0 radical (unpaired) electrons. The summed E-state index contributed by atoms with van der Waals surface area (Å²) in [6.45, 7) is 5.57. The van der Waals surface area contributed by atoms with Gasteiger partial charge in [0.2, 0.25) is 15.2 Å². The first-order valence-electron chi connectivity index (χ1n) is 20.8. The Morgan fingerprint density at radius 3 is 1.54 bits per heavy atom. The molecular weight excluding hydrogens is 1240 g/mol. The number of carbonyl (C=O) groups is 5. The molecule has 3 N–H and O–H groups in total. The van der Waals surface area contributed by atoms with E-state index >= 15 is 0 Å². The van der Waals surface area contributed by atoms with E-state index in [0.717, 1.165) is 6.92 Å². The summed E-state index contributed by atoms with van der Waals surface area (Å²) in [5.74, 6) is -1.05. The lowest BCUT2D eigenvalue weighted by Gasteiger charge is -2.49. The number of aliphatic hydroxyl groups excluding tert-OH is 1. The van der Waals surface area contributed by atoms with Gasteiger partial charge in [-0.1, -0.05) is 190 Å². The molecular formula is C39H50Cl12N2O18Si. The summed E-state index contributed by atoms with van der Waals surface area (Å²) in [6, 6.07) is 5.66. The molecule has 0 bridgehead atoms. The van der Waals surface area contributed by atoms with Crippen molar-refractivity contribution in [3.8, 4) is 0 Å². The van der Waals surface area contributed by atoms with E-state index in [-0.39, 0.29) is 6.61 Å². The van der Waals surface area contributed by atoms with E-state index in [2.05, 4.69) is 10.6 Å². The van der Waals surface area contributed by atoms with Crippen LogP contribution < -0.4 is 10.6 Å². The van der Waals surface area contributed by atoms with Crippen LogP contribution in [0.4, 0.5) is 19.2 Å². The molecule has 2 fully saturated rings. The highest BCUT2D eigenvalue weighted by atomic mass is 35.6. The molecule has 33 heteroatoms. The van der Waals surface area contributed by atoms with Crippen molar-refractivity contribution in [1.29, 1.82) is 0 Å². The van der Waals surface area contributed by atoms with Crippen molar-refractivity contribution in [2.24, 2.45) is 0 Å². The summed E-state index contributed by atoms with van der Waals surface area (Å²) in [7, 11) is -2.91. The van der Waals surface area contributed by atoms with Crippen LogP contribution in [0.15, 0.2) is 30.3 Å². The number of carbonyl (C=O) groups excluding carboxylic acids is 5. The van der Waals surface area contributed by atoms with Crippen LogP contribution in [0.25, 0.3) is 0 Å². The van der Waals surface area contributed by atoms with Gasteiger partial charge in [0.25, 0.3) is 0 Å². The maximum atomic E-state index is 13.4. The Kier molecular flexibility index (Phi) is 25.7. The number of amides is 2. The van der Waals surface area contributed by atoms with Gasteiger partial charge in [0.1, 0.15) is 63.4 Å². The number of hydrogen-bond acceptors (Lipinski definition) is 18. The second-order valence-corrected chi connectivity index (χ2v) is 31.9. The lowest BCUT2D eigenvalue weighted by molar-refractivity contribution is -0.304. The number of alkyl carbamates (subject to hydrolysis) is 2. The van der Waals surface area contributed by atoms with E-state index in [4.69, 9.17) is 196 Å². The SMILES string of the molecule is CC(=O)O[C@@H]1C(NC(=O)OCC(Cl)(Cl)Cl)[C@H](OCC2O[C@@H](OCc3ccccc3)C(NC(=O)OCC(Cl)(Cl)Cl)[C@@H](O[Si](C)(C)C(C)(C)C)[C@@H]2O)OC(COC(=O)OCC(Cl)(Cl)Cl)[C@H]1OC(=O)OCC(Cl)(Cl)Cl. The molecule has 1 aromatic rings. The fourth-order valence-electron chi connectivity index (χ4n) is 6.03. The van der Waals surface area contributed by atoms with Crippen molar-refractivity contribution in [2.45, 2.75) is 129 Å². The molecule has 10 atom stereocenters. The van der Waals surface area contributed by atoms with Gasteiger partial charge >= 0.3 is 30.5 Å². The fourth-order valence-corrected chi connectivity index (χ4v) is 8.00. The van der Waals surface area contributed by atoms with Gasteiger partial charge in [0.05, 0.1) is 19.3 Å². The Morgan fingerprint density at radius 2 is 1.06 bits per heavy atom. The highest BCUT2D eigenvalue weighted by Crippen LogP contribution is 2.40. The topological polar surface area (TPSA) is 240 Å².